The molecule has 0 aromatic heterocycles. The second-order valence-corrected chi connectivity index (χ2v) is 7.43. The third-order valence-electron chi connectivity index (χ3n) is 4.48. The second kappa shape index (κ2) is 12.1. The summed E-state index contributed by atoms with van der Waals surface area (Å²) in [4.78, 5) is 24.5. The van der Waals surface area contributed by atoms with Crippen molar-refractivity contribution in [1.82, 2.24) is 0 Å². The summed E-state index contributed by atoms with van der Waals surface area (Å²) in [5.74, 6) is 0.331. The maximum atomic E-state index is 12.5. The Morgan fingerprint density at radius 2 is 1.44 bits per heavy atom. The maximum Gasteiger partial charge on any atom is 0.266 e. The van der Waals surface area contributed by atoms with E-state index in [9.17, 15) is 14.9 Å². The van der Waals surface area contributed by atoms with Gasteiger partial charge in [-0.15, -0.1) is 0 Å². The molecule has 0 aliphatic heterocycles. The molecule has 3 rings (SSSR count). The largest absolute Gasteiger partial charge is 0.494 e. The molecule has 0 aliphatic carbocycles. The Morgan fingerprint density at radius 3 is 2.06 bits per heavy atom. The molecule has 8 heteroatoms. The van der Waals surface area contributed by atoms with E-state index in [4.69, 9.17) is 21.1 Å². The summed E-state index contributed by atoms with van der Waals surface area (Å²) in [6, 6.07) is 22.2. The summed E-state index contributed by atoms with van der Waals surface area (Å²) >= 11 is 5.83. The van der Waals surface area contributed by atoms with Crippen molar-refractivity contribution < 1.29 is 19.1 Å². The number of nitrogens with zero attached hydrogens (tertiary/aromatic N) is 1. The predicted octanol–water partition coefficient (Wildman–Crippen LogP) is 5.30. The number of hydrogen-bond acceptors (Lipinski definition) is 5. The fourth-order valence-electron chi connectivity index (χ4n) is 2.85. The number of rotatable bonds is 9. The Balaban J connectivity index is 1.55. The molecule has 2 N–H and O–H groups in total. The third kappa shape index (κ3) is 7.40. The smallest absolute Gasteiger partial charge is 0.266 e. The number of anilines is 2. The van der Waals surface area contributed by atoms with E-state index in [1.807, 2.05) is 13.0 Å². The van der Waals surface area contributed by atoms with Crippen molar-refractivity contribution in [2.75, 3.05) is 23.8 Å². The standard InChI is InChI=1S/C26H22ClN3O4/c1-2-33-23-13-9-22(10-14-23)30-26(32)19(16-28)15-18-3-11-24(12-4-18)34-17-25(31)29-21-7-5-20(27)6-8-21/h3-15H,2,17H2,1H3,(H,29,31)(H,30,32)/b19-15+. The number of ether oxygens (including phenoxy) is 2. The van der Waals surface area contributed by atoms with Gasteiger partial charge < -0.3 is 20.1 Å². The minimum absolute atomic E-state index is 0.0510. The number of carbonyl (C=O) groups excluding carboxylic acids is 2. The first kappa shape index (κ1) is 24.4. The topological polar surface area (TPSA) is 100 Å². The Morgan fingerprint density at radius 1 is 0.882 bits per heavy atom. The van der Waals surface area contributed by atoms with E-state index in [1.54, 1.807) is 72.8 Å². The van der Waals surface area contributed by atoms with E-state index in [-0.39, 0.29) is 18.1 Å². The van der Waals surface area contributed by atoms with Crippen molar-refractivity contribution in [2.24, 2.45) is 0 Å². The van der Waals surface area contributed by atoms with E-state index >= 15 is 0 Å². The van der Waals surface area contributed by atoms with E-state index in [1.165, 1.54) is 6.08 Å². The molecule has 34 heavy (non-hydrogen) atoms. The molecule has 0 fully saturated rings. The highest BCUT2D eigenvalue weighted by Crippen LogP contribution is 2.18. The van der Waals surface area contributed by atoms with Gasteiger partial charge in [0.1, 0.15) is 23.1 Å². The van der Waals surface area contributed by atoms with Gasteiger partial charge in [0.25, 0.3) is 11.8 Å². The van der Waals surface area contributed by atoms with Gasteiger partial charge in [0.15, 0.2) is 6.61 Å². The molecule has 0 bridgehead atoms. The average molecular weight is 476 g/mol. The van der Waals surface area contributed by atoms with Gasteiger partial charge in [0.2, 0.25) is 0 Å². The summed E-state index contributed by atoms with van der Waals surface area (Å²) in [5.41, 5.74) is 1.75. The number of nitrogens with one attached hydrogen (secondary N) is 2. The van der Waals surface area contributed by atoms with Crippen LogP contribution in [0.2, 0.25) is 5.02 Å². The number of amides is 2. The highest BCUT2D eigenvalue weighted by molar-refractivity contribution is 6.30. The van der Waals surface area contributed by atoms with Gasteiger partial charge in [-0.2, -0.15) is 5.26 Å². The fraction of sp³-hybridized carbons (Fsp3) is 0.115. The van der Waals surface area contributed by atoms with Gasteiger partial charge in [-0.25, -0.2) is 0 Å². The van der Waals surface area contributed by atoms with Crippen molar-refractivity contribution in [3.63, 3.8) is 0 Å². The molecule has 172 valence electrons. The minimum atomic E-state index is -0.522. The number of halogens is 1. The molecule has 0 aliphatic rings. The molecular formula is C26H22ClN3O4. The monoisotopic (exact) mass is 475 g/mol. The van der Waals surface area contributed by atoms with E-state index in [2.05, 4.69) is 10.6 Å². The van der Waals surface area contributed by atoms with Gasteiger partial charge in [-0.3, -0.25) is 9.59 Å². The van der Waals surface area contributed by atoms with Gasteiger partial charge in [-0.1, -0.05) is 23.7 Å². The van der Waals surface area contributed by atoms with E-state index in [0.29, 0.717) is 40.1 Å². The minimum Gasteiger partial charge on any atom is -0.494 e. The lowest BCUT2D eigenvalue weighted by Gasteiger charge is -2.08. The van der Waals surface area contributed by atoms with Crippen molar-refractivity contribution in [1.29, 1.82) is 5.26 Å². The zero-order chi connectivity index (χ0) is 24.3. The van der Waals surface area contributed by atoms with Crippen molar-refractivity contribution in [2.45, 2.75) is 6.92 Å². The Bertz CT molecular complexity index is 1200. The van der Waals surface area contributed by atoms with Crippen LogP contribution in [0.5, 0.6) is 11.5 Å². The van der Waals surface area contributed by atoms with Gasteiger partial charge in [-0.05, 0) is 79.2 Å². The van der Waals surface area contributed by atoms with E-state index in [0.717, 1.165) is 0 Å². The summed E-state index contributed by atoms with van der Waals surface area (Å²) < 4.78 is 10.9. The summed E-state index contributed by atoms with van der Waals surface area (Å²) in [7, 11) is 0. The van der Waals surface area contributed by atoms with Gasteiger partial charge >= 0.3 is 0 Å². The van der Waals surface area contributed by atoms with Crippen LogP contribution >= 0.6 is 11.6 Å². The number of carbonyl (C=O) groups is 2. The number of benzene rings is 3. The van der Waals surface area contributed by atoms with Gasteiger partial charge in [0, 0.05) is 16.4 Å². The summed E-state index contributed by atoms with van der Waals surface area (Å²) in [5, 5.41) is 15.4. The molecule has 3 aromatic rings. The van der Waals surface area contributed by atoms with Crippen molar-refractivity contribution in [3.8, 4) is 17.6 Å². The lowest BCUT2D eigenvalue weighted by atomic mass is 10.1. The van der Waals surface area contributed by atoms with Crippen LogP contribution in [0.25, 0.3) is 6.08 Å². The maximum absolute atomic E-state index is 12.5. The highest BCUT2D eigenvalue weighted by atomic mass is 35.5. The molecule has 0 saturated carbocycles. The highest BCUT2D eigenvalue weighted by Gasteiger charge is 2.10. The Hall–Kier alpha value is -4.28. The molecule has 3 aromatic carbocycles. The zero-order valence-corrected chi connectivity index (χ0v) is 19.1. The SMILES string of the molecule is CCOc1ccc(NC(=O)/C(C#N)=C/c2ccc(OCC(=O)Nc3ccc(Cl)cc3)cc2)cc1. The van der Waals surface area contributed by atoms with Crippen LogP contribution in [0, 0.1) is 11.3 Å². The van der Waals surface area contributed by atoms with E-state index < -0.39 is 5.91 Å². The Labute approximate surface area is 202 Å². The first-order chi connectivity index (χ1) is 16.5. The van der Waals surface area contributed by atoms with Crippen molar-refractivity contribution in [3.05, 3.63) is 89.0 Å². The quantitative estimate of drug-likeness (QED) is 0.323. The van der Waals surface area contributed by atoms with Crippen LogP contribution in [0.15, 0.2) is 78.4 Å². The average Bonchev–Trinajstić information content (AvgIpc) is 2.84. The first-order valence-corrected chi connectivity index (χ1v) is 10.8. The van der Waals surface area contributed by atoms with Crippen LogP contribution in [0.1, 0.15) is 12.5 Å². The predicted molar refractivity (Wildman–Crippen MR) is 132 cm³/mol. The molecule has 0 unspecified atom stereocenters. The van der Waals surface area contributed by atoms with Crippen LogP contribution in [-0.4, -0.2) is 25.0 Å². The molecule has 0 radical (unpaired) electrons. The summed E-state index contributed by atoms with van der Waals surface area (Å²) in [6.45, 7) is 2.26. The molecule has 0 heterocycles. The van der Waals surface area contributed by atoms with Crippen molar-refractivity contribution >= 4 is 40.9 Å². The van der Waals surface area contributed by atoms with Crippen LogP contribution < -0.4 is 20.1 Å². The molecule has 7 nitrogen and oxygen atoms in total. The first-order valence-electron chi connectivity index (χ1n) is 10.4. The number of hydrogen-bond donors (Lipinski definition) is 2. The lowest BCUT2D eigenvalue weighted by Crippen LogP contribution is -2.20. The molecule has 0 saturated heterocycles. The summed E-state index contributed by atoms with van der Waals surface area (Å²) in [6.07, 6.45) is 1.47. The van der Waals surface area contributed by atoms with Crippen LogP contribution in [-0.2, 0) is 9.59 Å². The van der Waals surface area contributed by atoms with Crippen LogP contribution in [0.3, 0.4) is 0 Å². The molecular weight excluding hydrogens is 454 g/mol. The zero-order valence-electron chi connectivity index (χ0n) is 18.4. The molecule has 2 amide bonds. The van der Waals surface area contributed by atoms with Gasteiger partial charge in [0.05, 0.1) is 6.61 Å². The molecule has 0 atom stereocenters. The third-order valence-corrected chi connectivity index (χ3v) is 4.73. The fourth-order valence-corrected chi connectivity index (χ4v) is 2.98. The molecule has 0 spiro atoms. The number of nitriles is 1. The Kier molecular flexibility index (Phi) is 8.67. The second-order valence-electron chi connectivity index (χ2n) is 6.99. The lowest BCUT2D eigenvalue weighted by molar-refractivity contribution is -0.118. The normalized spacial score (nSPS) is 10.7. The van der Waals surface area contributed by atoms with Crippen LogP contribution in [0.4, 0.5) is 11.4 Å².